The number of pyridine rings is 1. The van der Waals surface area contributed by atoms with Crippen LogP contribution in [-0.4, -0.2) is 40.6 Å². The fourth-order valence-corrected chi connectivity index (χ4v) is 4.77. The SMILES string of the molecule is Cc1ccnc(Oc2ccc(-c3c(-c4cnc(Cl)cc4CCCO)n(SF)c4ncnc(N)c34)cc2)n1. The van der Waals surface area contributed by atoms with Gasteiger partial charge in [-0.3, -0.25) is 0 Å². The number of nitrogens with zero attached hydrogens (tertiary/aromatic N) is 6. The first-order valence-electron chi connectivity index (χ1n) is 11.3. The fourth-order valence-electron chi connectivity index (χ4n) is 4.13. The number of aryl methyl sites for hydroxylation is 2. The smallest absolute Gasteiger partial charge is 0.322 e. The molecule has 0 aliphatic rings. The lowest BCUT2D eigenvalue weighted by molar-refractivity contribution is 0.288. The molecule has 1 aromatic carbocycles. The van der Waals surface area contributed by atoms with Gasteiger partial charge in [-0.2, -0.15) is 0 Å². The third-order valence-electron chi connectivity index (χ3n) is 5.75. The molecule has 0 aliphatic carbocycles. The molecule has 3 N–H and O–H groups in total. The Morgan fingerprint density at radius 1 is 1.14 bits per heavy atom. The van der Waals surface area contributed by atoms with Crippen LogP contribution >= 0.6 is 23.9 Å². The molecule has 5 rings (SSSR count). The van der Waals surface area contributed by atoms with Crippen molar-refractivity contribution in [3.05, 3.63) is 71.5 Å². The van der Waals surface area contributed by atoms with Crippen molar-refractivity contribution in [2.75, 3.05) is 12.3 Å². The molecule has 0 atom stereocenters. The molecular formula is C25H21ClFN7O2S. The molecule has 0 unspecified atom stereocenters. The Balaban J connectivity index is 1.69. The maximum absolute atomic E-state index is 14.5. The van der Waals surface area contributed by atoms with E-state index in [-0.39, 0.29) is 30.8 Å². The molecule has 37 heavy (non-hydrogen) atoms. The van der Waals surface area contributed by atoms with Crippen LogP contribution < -0.4 is 10.5 Å². The van der Waals surface area contributed by atoms with Gasteiger partial charge in [0.2, 0.25) is 0 Å². The summed E-state index contributed by atoms with van der Waals surface area (Å²) in [6, 6.07) is 10.9. The number of fused-ring (bicyclic) bond motifs is 1. The minimum absolute atomic E-state index is 0.00235. The molecule has 9 nitrogen and oxygen atoms in total. The molecule has 0 radical (unpaired) electrons. The summed E-state index contributed by atoms with van der Waals surface area (Å²) in [5.41, 5.74) is 10.7. The van der Waals surface area contributed by atoms with E-state index >= 15 is 0 Å². The summed E-state index contributed by atoms with van der Waals surface area (Å²) >= 11 is 6.19. The average molecular weight is 538 g/mol. The number of ether oxygens (including phenoxy) is 1. The van der Waals surface area contributed by atoms with Crippen molar-refractivity contribution in [3.63, 3.8) is 0 Å². The van der Waals surface area contributed by atoms with E-state index in [4.69, 9.17) is 22.1 Å². The molecule has 0 bridgehead atoms. The van der Waals surface area contributed by atoms with Gasteiger partial charge in [0.1, 0.15) is 23.0 Å². The van der Waals surface area contributed by atoms with Crippen molar-refractivity contribution < 1.29 is 13.7 Å². The highest BCUT2D eigenvalue weighted by molar-refractivity contribution is 7.93. The van der Waals surface area contributed by atoms with Gasteiger partial charge in [0.05, 0.1) is 11.1 Å². The second-order valence-electron chi connectivity index (χ2n) is 8.14. The van der Waals surface area contributed by atoms with Gasteiger partial charge in [0.25, 0.3) is 0 Å². The standard InChI is InChI=1S/C25H21ClFN7O2S/c1-14-8-9-29-25(33-14)36-17-6-4-15(5-7-17)20-21-23(28)31-13-32-24(21)34(37-27)22(20)18-12-30-19(26)11-16(18)3-2-10-35/h4-9,11-13,35H,2-3,10H2,1H3,(H2,28,31,32). The summed E-state index contributed by atoms with van der Waals surface area (Å²) < 4.78 is 21.7. The van der Waals surface area contributed by atoms with Gasteiger partial charge in [0, 0.05) is 35.8 Å². The molecule has 0 amide bonds. The maximum atomic E-state index is 14.5. The van der Waals surface area contributed by atoms with Crippen LogP contribution in [-0.2, 0) is 6.42 Å². The van der Waals surface area contributed by atoms with Crippen molar-refractivity contribution in [2.24, 2.45) is 0 Å². The van der Waals surface area contributed by atoms with Crippen molar-refractivity contribution in [3.8, 4) is 34.1 Å². The molecule has 0 spiro atoms. The monoisotopic (exact) mass is 537 g/mol. The molecule has 4 aromatic heterocycles. The second kappa shape index (κ2) is 10.7. The lowest BCUT2D eigenvalue weighted by Gasteiger charge is -2.13. The number of hydrogen-bond acceptors (Lipinski definition) is 9. The molecule has 188 valence electrons. The lowest BCUT2D eigenvalue weighted by atomic mass is 9.96. The highest BCUT2D eigenvalue weighted by Crippen LogP contribution is 2.45. The van der Waals surface area contributed by atoms with E-state index in [0.717, 1.165) is 16.8 Å². The first-order chi connectivity index (χ1) is 18.0. The van der Waals surface area contributed by atoms with E-state index in [1.807, 2.05) is 19.1 Å². The van der Waals surface area contributed by atoms with E-state index in [2.05, 4.69) is 24.9 Å². The number of aliphatic hydroxyl groups excluding tert-OH is 1. The van der Waals surface area contributed by atoms with Gasteiger partial charge >= 0.3 is 6.01 Å². The Labute approximate surface area is 221 Å². The highest BCUT2D eigenvalue weighted by atomic mass is 35.5. The summed E-state index contributed by atoms with van der Waals surface area (Å²) in [5.74, 6) is 0.738. The van der Waals surface area contributed by atoms with Gasteiger partial charge in [-0.25, -0.2) is 28.9 Å². The Hall–Kier alpha value is -3.80. The topological polar surface area (TPSA) is 125 Å². The van der Waals surface area contributed by atoms with Gasteiger partial charge in [-0.05, 0) is 55.2 Å². The van der Waals surface area contributed by atoms with Crippen LogP contribution in [0.4, 0.5) is 9.70 Å². The van der Waals surface area contributed by atoms with Crippen LogP contribution in [0.1, 0.15) is 17.7 Å². The van der Waals surface area contributed by atoms with E-state index in [1.54, 1.807) is 36.7 Å². The molecule has 4 heterocycles. The third kappa shape index (κ3) is 4.93. The summed E-state index contributed by atoms with van der Waals surface area (Å²) in [7, 11) is 0. The number of nitrogen functional groups attached to an aromatic ring is 1. The summed E-state index contributed by atoms with van der Waals surface area (Å²) in [6.07, 6.45) is 5.52. The minimum Gasteiger partial charge on any atom is -0.424 e. The predicted molar refractivity (Wildman–Crippen MR) is 142 cm³/mol. The van der Waals surface area contributed by atoms with Crippen LogP contribution in [0, 0.1) is 6.92 Å². The van der Waals surface area contributed by atoms with Crippen LogP contribution in [0.5, 0.6) is 11.8 Å². The molecule has 0 aliphatic heterocycles. The molecule has 0 saturated carbocycles. The van der Waals surface area contributed by atoms with Crippen LogP contribution in [0.15, 0.2) is 55.1 Å². The van der Waals surface area contributed by atoms with E-state index in [1.165, 1.54) is 10.3 Å². The van der Waals surface area contributed by atoms with Gasteiger partial charge < -0.3 is 15.6 Å². The minimum atomic E-state index is -0.00235. The van der Waals surface area contributed by atoms with Gasteiger partial charge in [0.15, 0.2) is 18.0 Å². The van der Waals surface area contributed by atoms with Crippen LogP contribution in [0.3, 0.4) is 0 Å². The van der Waals surface area contributed by atoms with Gasteiger partial charge in [-0.15, -0.1) is 3.89 Å². The Morgan fingerprint density at radius 2 is 1.95 bits per heavy atom. The molecule has 0 saturated heterocycles. The van der Waals surface area contributed by atoms with E-state index < -0.39 is 0 Å². The molecule has 0 fully saturated rings. The zero-order valence-corrected chi connectivity index (χ0v) is 21.2. The van der Waals surface area contributed by atoms with E-state index in [0.29, 0.717) is 51.6 Å². The second-order valence-corrected chi connectivity index (χ2v) is 9.03. The van der Waals surface area contributed by atoms with Crippen molar-refractivity contribution in [2.45, 2.75) is 19.8 Å². The Kier molecular flexibility index (Phi) is 7.17. The van der Waals surface area contributed by atoms with Crippen LogP contribution in [0.2, 0.25) is 5.15 Å². The summed E-state index contributed by atoms with van der Waals surface area (Å²) in [5, 5.41) is 10.2. The third-order valence-corrected chi connectivity index (χ3v) is 6.45. The number of benzene rings is 1. The molecule has 5 aromatic rings. The lowest BCUT2D eigenvalue weighted by Crippen LogP contribution is -1.99. The number of aromatic nitrogens is 6. The summed E-state index contributed by atoms with van der Waals surface area (Å²) in [4.78, 5) is 21.1. The average Bonchev–Trinajstić information content (AvgIpc) is 3.23. The van der Waals surface area contributed by atoms with Crippen molar-refractivity contribution in [1.82, 2.24) is 28.9 Å². The number of halogens is 2. The number of rotatable bonds is 8. The number of hydrogen-bond donors (Lipinski definition) is 2. The first kappa shape index (κ1) is 24.9. The fraction of sp³-hybridized carbons (Fsp3) is 0.160. The molecule has 12 heteroatoms. The van der Waals surface area contributed by atoms with Gasteiger partial charge in [-0.1, -0.05) is 23.7 Å². The maximum Gasteiger partial charge on any atom is 0.322 e. The highest BCUT2D eigenvalue weighted by Gasteiger charge is 2.26. The normalized spacial score (nSPS) is 11.2. The first-order valence-corrected chi connectivity index (χ1v) is 12.3. The largest absolute Gasteiger partial charge is 0.424 e. The van der Waals surface area contributed by atoms with Crippen LogP contribution in [0.25, 0.3) is 33.4 Å². The quantitative estimate of drug-likeness (QED) is 0.243. The zero-order valence-electron chi connectivity index (χ0n) is 19.6. The zero-order chi connectivity index (χ0) is 25.9. The molecular weight excluding hydrogens is 517 g/mol. The number of aliphatic hydroxyl groups is 1. The predicted octanol–water partition coefficient (Wildman–Crippen LogP) is 5.59. The van der Waals surface area contributed by atoms with Crippen molar-refractivity contribution >= 4 is 40.8 Å². The van der Waals surface area contributed by atoms with E-state index in [9.17, 15) is 8.99 Å². The Bertz CT molecular complexity index is 1580. The number of nitrogens with two attached hydrogens (primary N) is 1. The summed E-state index contributed by atoms with van der Waals surface area (Å²) in [6.45, 7) is 1.85. The Morgan fingerprint density at radius 3 is 2.68 bits per heavy atom. The number of anilines is 1. The van der Waals surface area contributed by atoms with Crippen molar-refractivity contribution in [1.29, 1.82) is 0 Å².